The normalized spacial score (nSPS) is 15.6. The van der Waals surface area contributed by atoms with E-state index in [9.17, 15) is 14.0 Å². The predicted molar refractivity (Wildman–Crippen MR) is 131 cm³/mol. The van der Waals surface area contributed by atoms with E-state index in [2.05, 4.69) is 10.3 Å². The van der Waals surface area contributed by atoms with Gasteiger partial charge >= 0.3 is 0 Å². The minimum atomic E-state index is -0.589. The summed E-state index contributed by atoms with van der Waals surface area (Å²) in [5, 5.41) is 3.62. The Bertz CT molecular complexity index is 1020. The topological polar surface area (TPSA) is 87.8 Å². The number of nitrogens with two attached hydrogens (primary N) is 1. The molecule has 1 aliphatic heterocycles. The van der Waals surface area contributed by atoms with Crippen molar-refractivity contribution in [1.29, 1.82) is 0 Å². The fourth-order valence-electron chi connectivity index (χ4n) is 3.31. The first kappa shape index (κ1) is 26.6. The number of carbonyl (C=O) groups is 2. The van der Waals surface area contributed by atoms with E-state index in [1.807, 2.05) is 27.7 Å². The van der Waals surface area contributed by atoms with Crippen molar-refractivity contribution in [2.24, 2.45) is 16.6 Å². The van der Waals surface area contributed by atoms with Gasteiger partial charge in [0.25, 0.3) is 5.91 Å². The number of nitrogens with zero attached hydrogens (tertiary/aromatic N) is 2. The number of carbonyl (C=O) groups excluding carboxylic acids is 2. The molecule has 0 saturated heterocycles. The van der Waals surface area contributed by atoms with Crippen LogP contribution >= 0.6 is 23.2 Å². The van der Waals surface area contributed by atoms with Crippen LogP contribution < -0.4 is 11.1 Å². The lowest BCUT2D eigenvalue weighted by Gasteiger charge is -2.30. The van der Waals surface area contributed by atoms with Crippen molar-refractivity contribution in [3.8, 4) is 0 Å². The van der Waals surface area contributed by atoms with Gasteiger partial charge in [-0.1, -0.05) is 50.9 Å². The third-order valence-corrected chi connectivity index (χ3v) is 5.40. The summed E-state index contributed by atoms with van der Waals surface area (Å²) in [4.78, 5) is 30.8. The third-order valence-electron chi connectivity index (χ3n) is 4.96. The summed E-state index contributed by atoms with van der Waals surface area (Å²) >= 11 is 11.9. The maximum Gasteiger partial charge on any atom is 0.251 e. The number of aliphatic imine (C=N–C) groups is 1. The molecule has 1 unspecified atom stereocenters. The zero-order chi connectivity index (χ0) is 24.7. The molecule has 1 atom stereocenters. The molecule has 1 aliphatic rings. The van der Waals surface area contributed by atoms with Crippen LogP contribution in [0.25, 0.3) is 0 Å². The van der Waals surface area contributed by atoms with E-state index >= 15 is 0 Å². The number of nitrogens with one attached hydrogen (secondary N) is 1. The fraction of sp³-hybridized carbons (Fsp3) is 0.375. The van der Waals surface area contributed by atoms with Gasteiger partial charge < -0.3 is 11.1 Å². The molecule has 0 fully saturated rings. The van der Waals surface area contributed by atoms with Crippen LogP contribution in [0.4, 0.5) is 4.39 Å². The van der Waals surface area contributed by atoms with Crippen molar-refractivity contribution < 1.29 is 14.0 Å². The van der Waals surface area contributed by atoms with Crippen LogP contribution in [0.5, 0.6) is 0 Å². The molecule has 2 aromatic carbocycles. The van der Waals surface area contributed by atoms with Crippen molar-refractivity contribution >= 4 is 41.0 Å². The summed E-state index contributed by atoms with van der Waals surface area (Å²) in [6, 6.07) is 8.71. The largest absolute Gasteiger partial charge is 0.369 e. The first-order valence-corrected chi connectivity index (χ1v) is 11.5. The first-order valence-electron chi connectivity index (χ1n) is 10.8. The molecule has 3 N–H and O–H groups in total. The average molecular weight is 495 g/mol. The summed E-state index contributed by atoms with van der Waals surface area (Å²) < 4.78 is 14.2. The quantitative estimate of drug-likeness (QED) is 0.581. The summed E-state index contributed by atoms with van der Waals surface area (Å²) in [6.45, 7) is 8.14. The van der Waals surface area contributed by atoms with Gasteiger partial charge in [0.05, 0.1) is 19.0 Å². The van der Waals surface area contributed by atoms with Gasteiger partial charge in [0.2, 0.25) is 5.91 Å². The van der Waals surface area contributed by atoms with E-state index in [0.717, 1.165) is 6.07 Å². The molecule has 3 rings (SSSR count). The zero-order valence-electron chi connectivity index (χ0n) is 19.2. The minimum Gasteiger partial charge on any atom is -0.369 e. The number of amides is 2. The molecule has 2 aromatic rings. The van der Waals surface area contributed by atoms with Crippen molar-refractivity contribution in [3.05, 3.63) is 69.0 Å². The summed E-state index contributed by atoms with van der Waals surface area (Å²) in [5.41, 5.74) is 7.25. The molecular formula is C24H29Cl2FN4O2. The minimum absolute atomic E-state index is 0.0287. The van der Waals surface area contributed by atoms with Gasteiger partial charge in [0, 0.05) is 22.2 Å². The van der Waals surface area contributed by atoms with E-state index < -0.39 is 11.7 Å². The Morgan fingerprint density at radius 2 is 1.79 bits per heavy atom. The van der Waals surface area contributed by atoms with E-state index in [1.165, 1.54) is 17.0 Å². The third kappa shape index (κ3) is 7.44. The number of benzene rings is 2. The Hall–Kier alpha value is -2.64. The molecule has 0 aromatic heterocycles. The van der Waals surface area contributed by atoms with Crippen molar-refractivity contribution in [1.82, 2.24) is 10.2 Å². The molecule has 1 heterocycles. The van der Waals surface area contributed by atoms with Crippen LogP contribution in [0.2, 0.25) is 10.0 Å². The summed E-state index contributed by atoms with van der Waals surface area (Å²) in [7, 11) is 0. The maximum absolute atomic E-state index is 14.2. The van der Waals surface area contributed by atoms with Crippen molar-refractivity contribution in [2.75, 3.05) is 0 Å². The van der Waals surface area contributed by atoms with E-state index in [-0.39, 0.29) is 48.9 Å². The van der Waals surface area contributed by atoms with Gasteiger partial charge in [-0.15, -0.1) is 0 Å². The second kappa shape index (κ2) is 12.0. The molecule has 9 heteroatoms. The average Bonchev–Trinajstić information content (AvgIpc) is 2.74. The smallest absolute Gasteiger partial charge is 0.251 e. The lowest BCUT2D eigenvalue weighted by atomic mass is 9.99. The van der Waals surface area contributed by atoms with Gasteiger partial charge in [0.1, 0.15) is 5.82 Å². The number of halogens is 3. The van der Waals surface area contributed by atoms with Gasteiger partial charge in [-0.2, -0.15) is 0 Å². The second-order valence-electron chi connectivity index (χ2n) is 7.79. The molecule has 0 radical (unpaired) electrons. The van der Waals surface area contributed by atoms with Crippen molar-refractivity contribution in [3.63, 3.8) is 0 Å². The molecule has 0 spiro atoms. The Kier molecular flexibility index (Phi) is 9.68. The fourth-order valence-corrected chi connectivity index (χ4v) is 3.88. The zero-order valence-corrected chi connectivity index (χ0v) is 20.7. The van der Waals surface area contributed by atoms with Crippen LogP contribution in [0, 0.1) is 11.7 Å². The van der Waals surface area contributed by atoms with Gasteiger partial charge in [-0.25, -0.2) is 9.38 Å². The Morgan fingerprint density at radius 3 is 2.36 bits per heavy atom. The maximum atomic E-state index is 14.2. The molecule has 178 valence electrons. The lowest BCUT2D eigenvalue weighted by Crippen LogP contribution is -2.47. The van der Waals surface area contributed by atoms with Crippen LogP contribution in [0.1, 0.15) is 55.6 Å². The highest BCUT2D eigenvalue weighted by Crippen LogP contribution is 2.21. The SMILES string of the molecule is CC.CC(C)C1CC(=O)N(Cc2cc(F)cc(C(=O)NCc3cc(Cl)cc(Cl)c3)c2)C(N)=N1. The van der Waals surface area contributed by atoms with Crippen LogP contribution in [0.3, 0.4) is 0 Å². The molecule has 33 heavy (non-hydrogen) atoms. The number of hydrogen-bond donors (Lipinski definition) is 2. The highest BCUT2D eigenvalue weighted by molar-refractivity contribution is 6.34. The van der Waals surface area contributed by atoms with Gasteiger partial charge in [0.15, 0.2) is 5.96 Å². The number of hydrogen-bond acceptors (Lipinski definition) is 4. The van der Waals surface area contributed by atoms with Crippen molar-refractivity contribution in [2.45, 2.75) is 53.2 Å². The Balaban J connectivity index is 0.00000187. The number of guanidine groups is 1. The molecule has 6 nitrogen and oxygen atoms in total. The van der Waals surface area contributed by atoms with Gasteiger partial charge in [-0.3, -0.25) is 14.5 Å². The molecule has 0 saturated carbocycles. The van der Waals surface area contributed by atoms with Crippen LogP contribution in [-0.4, -0.2) is 28.7 Å². The molecular weight excluding hydrogens is 466 g/mol. The second-order valence-corrected chi connectivity index (χ2v) is 8.66. The highest BCUT2D eigenvalue weighted by Gasteiger charge is 2.29. The molecule has 2 amide bonds. The monoisotopic (exact) mass is 494 g/mol. The van der Waals surface area contributed by atoms with Gasteiger partial charge in [-0.05, 0) is 53.4 Å². The number of rotatable bonds is 6. The molecule has 0 aliphatic carbocycles. The van der Waals surface area contributed by atoms with E-state index in [0.29, 0.717) is 21.2 Å². The van der Waals surface area contributed by atoms with Crippen LogP contribution in [-0.2, 0) is 17.9 Å². The first-order chi connectivity index (χ1) is 15.6. The lowest BCUT2D eigenvalue weighted by molar-refractivity contribution is -0.129. The Morgan fingerprint density at radius 1 is 1.15 bits per heavy atom. The highest BCUT2D eigenvalue weighted by atomic mass is 35.5. The van der Waals surface area contributed by atoms with E-state index in [1.54, 1.807) is 18.2 Å². The predicted octanol–water partition coefficient (Wildman–Crippen LogP) is 5.16. The standard InChI is InChI=1S/C22H23Cl2FN4O2.C2H6/c1-12(2)19-9-20(30)29(22(26)28-19)11-14-3-15(7-18(25)6-14)21(31)27-10-13-4-16(23)8-17(24)5-13;1-2/h3-8,12,19H,9-11H2,1-2H3,(H2,26,28)(H,27,31);1-2H3. The Labute approximate surface area is 204 Å². The molecule has 0 bridgehead atoms. The van der Waals surface area contributed by atoms with E-state index in [4.69, 9.17) is 28.9 Å². The van der Waals surface area contributed by atoms with Crippen LogP contribution in [0.15, 0.2) is 41.4 Å². The summed E-state index contributed by atoms with van der Waals surface area (Å²) in [5.74, 6) is -0.956. The summed E-state index contributed by atoms with van der Waals surface area (Å²) in [6.07, 6.45) is 0.239.